The summed E-state index contributed by atoms with van der Waals surface area (Å²) in [6, 6.07) is 4.18. The van der Waals surface area contributed by atoms with Crippen LogP contribution in [0.15, 0.2) is 22.7 Å². The van der Waals surface area contributed by atoms with Gasteiger partial charge in [0.15, 0.2) is 5.82 Å². The number of hydrogen-bond donors (Lipinski definition) is 0. The molecule has 1 aromatic heterocycles. The molecule has 23 heavy (non-hydrogen) atoms. The van der Waals surface area contributed by atoms with Gasteiger partial charge in [-0.3, -0.25) is 15.0 Å². The summed E-state index contributed by atoms with van der Waals surface area (Å²) in [7, 11) is 0. The van der Waals surface area contributed by atoms with Gasteiger partial charge in [-0.2, -0.15) is 9.37 Å². The number of rotatable bonds is 4. The molecular weight excluding hydrogens is 305 g/mol. The number of aromatic nitrogens is 2. The van der Waals surface area contributed by atoms with E-state index in [2.05, 4.69) is 15.0 Å². The number of aryl methyl sites for hydroxylation is 1. The number of benzene rings is 1. The summed E-state index contributed by atoms with van der Waals surface area (Å²) in [4.78, 5) is 18.5. The van der Waals surface area contributed by atoms with Crippen LogP contribution in [0.5, 0.6) is 0 Å². The molecule has 3 rings (SSSR count). The fraction of sp³-hybridized carbons (Fsp3) is 0.429. The van der Waals surface area contributed by atoms with Crippen molar-refractivity contribution in [2.45, 2.75) is 13.5 Å². The van der Waals surface area contributed by atoms with Crippen LogP contribution in [0.3, 0.4) is 0 Å². The van der Waals surface area contributed by atoms with Crippen LogP contribution in [0.2, 0.25) is 0 Å². The molecule has 1 aromatic carbocycles. The minimum Gasteiger partial charge on any atom is -0.363 e. The molecule has 0 aliphatic carbocycles. The molecule has 0 amide bonds. The largest absolute Gasteiger partial charge is 0.363 e. The van der Waals surface area contributed by atoms with E-state index in [4.69, 9.17) is 4.52 Å². The summed E-state index contributed by atoms with van der Waals surface area (Å²) in [5, 5.41) is 15.0. The van der Waals surface area contributed by atoms with E-state index >= 15 is 0 Å². The number of halogens is 1. The molecule has 122 valence electrons. The van der Waals surface area contributed by atoms with Gasteiger partial charge in [0.1, 0.15) is 5.69 Å². The van der Waals surface area contributed by atoms with Gasteiger partial charge in [0, 0.05) is 33.1 Å². The smallest absolute Gasteiger partial charge is 0.327 e. The second-order valence-electron chi connectivity index (χ2n) is 5.36. The van der Waals surface area contributed by atoms with Gasteiger partial charge in [0.25, 0.3) is 0 Å². The fourth-order valence-electron chi connectivity index (χ4n) is 2.69. The van der Waals surface area contributed by atoms with Gasteiger partial charge < -0.3 is 9.42 Å². The first-order chi connectivity index (χ1) is 11.0. The Morgan fingerprint density at radius 2 is 2.09 bits per heavy atom. The van der Waals surface area contributed by atoms with Crippen LogP contribution in [-0.4, -0.2) is 46.1 Å². The maximum absolute atomic E-state index is 13.7. The Labute approximate surface area is 131 Å². The Bertz CT molecular complexity index is 712. The van der Waals surface area contributed by atoms with E-state index in [-0.39, 0.29) is 0 Å². The molecule has 8 nitrogen and oxygen atoms in total. The van der Waals surface area contributed by atoms with Gasteiger partial charge in [-0.15, -0.1) is 0 Å². The molecule has 0 spiro atoms. The highest BCUT2D eigenvalue weighted by Gasteiger charge is 2.27. The van der Waals surface area contributed by atoms with Crippen LogP contribution in [0.25, 0.3) is 0 Å². The Morgan fingerprint density at radius 1 is 1.35 bits per heavy atom. The molecule has 0 saturated carbocycles. The predicted octanol–water partition coefficient (Wildman–Crippen LogP) is 1.75. The highest BCUT2D eigenvalue weighted by molar-refractivity contribution is 5.64. The van der Waals surface area contributed by atoms with E-state index in [1.165, 1.54) is 6.07 Å². The molecule has 9 heteroatoms. The molecule has 1 fully saturated rings. The maximum atomic E-state index is 13.7. The SMILES string of the molecule is Cc1nc(CN2CCN(c3cccc(F)c3[N+](=O)[O-])CC2)no1. The Morgan fingerprint density at radius 3 is 2.70 bits per heavy atom. The van der Waals surface area contributed by atoms with Crippen molar-refractivity contribution in [3.05, 3.63) is 45.8 Å². The predicted molar refractivity (Wildman–Crippen MR) is 79.6 cm³/mol. The van der Waals surface area contributed by atoms with Gasteiger partial charge in [0.2, 0.25) is 11.7 Å². The number of nitro groups is 1. The first-order valence-electron chi connectivity index (χ1n) is 7.24. The van der Waals surface area contributed by atoms with Gasteiger partial charge >= 0.3 is 5.69 Å². The van der Waals surface area contributed by atoms with Crippen molar-refractivity contribution in [2.24, 2.45) is 0 Å². The summed E-state index contributed by atoms with van der Waals surface area (Å²) < 4.78 is 18.7. The van der Waals surface area contributed by atoms with Crippen molar-refractivity contribution in [3.8, 4) is 0 Å². The quantitative estimate of drug-likeness (QED) is 0.626. The maximum Gasteiger partial charge on any atom is 0.327 e. The third-order valence-corrected chi connectivity index (χ3v) is 3.80. The van der Waals surface area contributed by atoms with E-state index < -0.39 is 16.4 Å². The lowest BCUT2D eigenvalue weighted by Gasteiger charge is -2.35. The number of nitro benzene ring substituents is 1. The van der Waals surface area contributed by atoms with Gasteiger partial charge in [-0.25, -0.2) is 0 Å². The summed E-state index contributed by atoms with van der Waals surface area (Å²) >= 11 is 0. The second-order valence-corrected chi connectivity index (χ2v) is 5.36. The topological polar surface area (TPSA) is 88.5 Å². The van der Waals surface area contributed by atoms with E-state index in [1.54, 1.807) is 13.0 Å². The second kappa shape index (κ2) is 6.29. The first kappa shape index (κ1) is 15.3. The summed E-state index contributed by atoms with van der Waals surface area (Å²) in [6.07, 6.45) is 0. The number of anilines is 1. The Hall–Kier alpha value is -2.55. The van der Waals surface area contributed by atoms with Crippen LogP contribution in [0.4, 0.5) is 15.8 Å². The zero-order chi connectivity index (χ0) is 16.4. The van der Waals surface area contributed by atoms with E-state index in [1.807, 2.05) is 4.90 Å². The summed E-state index contributed by atoms with van der Waals surface area (Å²) in [5.74, 6) is 0.332. The summed E-state index contributed by atoms with van der Waals surface area (Å²) in [5.41, 5.74) is -0.139. The molecule has 1 aliphatic rings. The normalized spacial score (nSPS) is 15.8. The molecule has 2 aromatic rings. The highest BCUT2D eigenvalue weighted by Crippen LogP contribution is 2.31. The van der Waals surface area contributed by atoms with Crippen molar-refractivity contribution in [3.63, 3.8) is 0 Å². The zero-order valence-corrected chi connectivity index (χ0v) is 12.6. The number of para-hydroxylation sites is 1. The lowest BCUT2D eigenvalue weighted by atomic mass is 10.2. The van der Waals surface area contributed by atoms with Gasteiger partial charge in [0.05, 0.1) is 11.5 Å². The summed E-state index contributed by atoms with van der Waals surface area (Å²) in [6.45, 7) is 4.80. The van der Waals surface area contributed by atoms with Gasteiger partial charge in [-0.05, 0) is 12.1 Å². The van der Waals surface area contributed by atoms with Crippen molar-refractivity contribution >= 4 is 11.4 Å². The molecule has 0 unspecified atom stereocenters. The third-order valence-electron chi connectivity index (χ3n) is 3.80. The molecule has 0 atom stereocenters. The first-order valence-corrected chi connectivity index (χ1v) is 7.24. The standard InChI is InChI=1S/C14H16FN5O3/c1-10-16-13(17-23-10)9-18-5-7-19(8-6-18)12-4-2-3-11(15)14(12)20(21)22/h2-4H,5-9H2,1H3. The minimum absolute atomic E-state index is 0.324. The monoisotopic (exact) mass is 321 g/mol. The molecule has 0 radical (unpaired) electrons. The molecule has 1 saturated heterocycles. The van der Waals surface area contributed by atoms with Crippen molar-refractivity contribution in [2.75, 3.05) is 31.1 Å². The molecule has 0 bridgehead atoms. The number of hydrogen-bond acceptors (Lipinski definition) is 7. The zero-order valence-electron chi connectivity index (χ0n) is 12.6. The Balaban J connectivity index is 1.67. The molecule has 2 heterocycles. The van der Waals surface area contributed by atoms with E-state index in [9.17, 15) is 14.5 Å². The minimum atomic E-state index is -0.808. The van der Waals surface area contributed by atoms with Crippen molar-refractivity contribution < 1.29 is 13.8 Å². The molecule has 1 aliphatic heterocycles. The highest BCUT2D eigenvalue weighted by atomic mass is 19.1. The van der Waals surface area contributed by atoms with Crippen LogP contribution >= 0.6 is 0 Å². The number of piperazine rings is 1. The fourth-order valence-corrected chi connectivity index (χ4v) is 2.69. The number of nitrogens with zero attached hydrogens (tertiary/aromatic N) is 5. The van der Waals surface area contributed by atoms with Crippen LogP contribution in [0.1, 0.15) is 11.7 Å². The van der Waals surface area contributed by atoms with Gasteiger partial charge in [-0.1, -0.05) is 11.2 Å². The average molecular weight is 321 g/mol. The van der Waals surface area contributed by atoms with E-state index in [0.29, 0.717) is 50.1 Å². The lowest BCUT2D eigenvalue weighted by molar-refractivity contribution is -0.386. The van der Waals surface area contributed by atoms with Crippen LogP contribution in [0, 0.1) is 22.9 Å². The van der Waals surface area contributed by atoms with Crippen LogP contribution < -0.4 is 4.90 Å². The third kappa shape index (κ3) is 3.29. The van der Waals surface area contributed by atoms with Crippen LogP contribution in [-0.2, 0) is 6.54 Å². The lowest BCUT2D eigenvalue weighted by Crippen LogP contribution is -2.46. The molecule has 0 N–H and O–H groups in total. The average Bonchev–Trinajstić information content (AvgIpc) is 2.92. The molecular formula is C14H16FN5O3. The van der Waals surface area contributed by atoms with E-state index in [0.717, 1.165) is 6.07 Å². The Kier molecular flexibility index (Phi) is 4.20. The van der Waals surface area contributed by atoms with Crippen molar-refractivity contribution in [1.82, 2.24) is 15.0 Å². The van der Waals surface area contributed by atoms with Crippen molar-refractivity contribution in [1.29, 1.82) is 0 Å².